The lowest BCUT2D eigenvalue weighted by atomic mass is 9.97. The molecule has 0 spiro atoms. The lowest BCUT2D eigenvalue weighted by Gasteiger charge is -2.35. The molecule has 2 aromatic rings. The highest BCUT2D eigenvalue weighted by Gasteiger charge is 2.36. The molecule has 8 heteroatoms. The molecule has 0 aromatic carbocycles. The number of thiophene rings is 2. The van der Waals surface area contributed by atoms with Gasteiger partial charge in [-0.15, -0.1) is 22.7 Å². The Morgan fingerprint density at radius 3 is 2.85 bits per heavy atom. The number of aryl methyl sites for hydroxylation is 1. The highest BCUT2D eigenvalue weighted by Crippen LogP contribution is 2.30. The molecule has 0 aliphatic carbocycles. The smallest absolute Gasteiger partial charge is 0.252 e. The number of nitrogens with zero attached hydrogens (tertiary/aromatic N) is 2. The van der Waals surface area contributed by atoms with E-state index in [4.69, 9.17) is 0 Å². The molecular formula is C18H22N2O3S3. The third kappa shape index (κ3) is 3.35. The molecule has 140 valence electrons. The number of carbonyl (C=O) groups excluding carboxylic acids is 1. The van der Waals surface area contributed by atoms with E-state index in [1.165, 1.54) is 26.1 Å². The fourth-order valence-electron chi connectivity index (χ4n) is 3.74. The molecule has 1 atom stereocenters. The van der Waals surface area contributed by atoms with Crippen molar-refractivity contribution in [2.45, 2.75) is 36.9 Å². The number of hydrogen-bond donors (Lipinski definition) is 0. The Morgan fingerprint density at radius 2 is 2.08 bits per heavy atom. The van der Waals surface area contributed by atoms with Crippen LogP contribution in [-0.4, -0.2) is 43.2 Å². The van der Waals surface area contributed by atoms with Crippen LogP contribution < -0.4 is 0 Å². The van der Waals surface area contributed by atoms with Gasteiger partial charge in [-0.3, -0.25) is 4.79 Å². The van der Waals surface area contributed by atoms with Crippen LogP contribution in [0.2, 0.25) is 0 Å². The van der Waals surface area contributed by atoms with Gasteiger partial charge in [0.2, 0.25) is 5.91 Å². The Balaban J connectivity index is 1.48. The van der Waals surface area contributed by atoms with E-state index in [-0.39, 0.29) is 11.8 Å². The quantitative estimate of drug-likeness (QED) is 0.781. The minimum atomic E-state index is -3.50. The zero-order valence-corrected chi connectivity index (χ0v) is 17.1. The second-order valence-electron chi connectivity index (χ2n) is 6.95. The van der Waals surface area contributed by atoms with Crippen LogP contribution in [0, 0.1) is 12.8 Å². The first-order valence-corrected chi connectivity index (χ1v) is 12.0. The molecule has 4 heterocycles. The summed E-state index contributed by atoms with van der Waals surface area (Å²) >= 11 is 3.05. The van der Waals surface area contributed by atoms with Gasteiger partial charge in [0.15, 0.2) is 0 Å². The van der Waals surface area contributed by atoms with Gasteiger partial charge in [-0.05, 0) is 55.3 Å². The highest BCUT2D eigenvalue weighted by molar-refractivity contribution is 7.91. The van der Waals surface area contributed by atoms with Crippen molar-refractivity contribution in [1.29, 1.82) is 0 Å². The SMILES string of the molecule is Cc1ccc(S(=O)(=O)N2CCC[C@@H](C(=O)N3CCc4sccc4C3)C2)s1. The summed E-state index contributed by atoms with van der Waals surface area (Å²) in [5.41, 5.74) is 1.24. The summed E-state index contributed by atoms with van der Waals surface area (Å²) in [7, 11) is -3.50. The summed E-state index contributed by atoms with van der Waals surface area (Å²) in [6.07, 6.45) is 2.40. The maximum Gasteiger partial charge on any atom is 0.252 e. The monoisotopic (exact) mass is 410 g/mol. The average Bonchev–Trinajstić information content (AvgIpc) is 3.29. The molecule has 0 N–H and O–H groups in total. The predicted octanol–water partition coefficient (Wildman–Crippen LogP) is 3.10. The molecule has 2 aliphatic heterocycles. The van der Waals surface area contributed by atoms with E-state index in [0.717, 1.165) is 30.7 Å². The lowest BCUT2D eigenvalue weighted by Crippen LogP contribution is -2.47. The third-order valence-electron chi connectivity index (χ3n) is 5.16. The number of hydrogen-bond acceptors (Lipinski definition) is 5. The molecule has 2 aliphatic rings. The van der Waals surface area contributed by atoms with Crippen LogP contribution in [0.1, 0.15) is 28.2 Å². The van der Waals surface area contributed by atoms with Gasteiger partial charge in [0.25, 0.3) is 10.0 Å². The van der Waals surface area contributed by atoms with Crippen molar-refractivity contribution in [1.82, 2.24) is 9.21 Å². The Bertz CT molecular complexity index is 916. The van der Waals surface area contributed by atoms with Crippen LogP contribution >= 0.6 is 22.7 Å². The summed E-state index contributed by atoms with van der Waals surface area (Å²) in [5.74, 6) is -0.135. The molecule has 1 saturated heterocycles. The molecule has 1 amide bonds. The van der Waals surface area contributed by atoms with Gasteiger partial charge in [-0.1, -0.05) is 0 Å². The molecule has 5 nitrogen and oxygen atoms in total. The molecule has 26 heavy (non-hydrogen) atoms. The van der Waals surface area contributed by atoms with Gasteiger partial charge in [0, 0.05) is 35.9 Å². The van der Waals surface area contributed by atoms with Gasteiger partial charge >= 0.3 is 0 Å². The molecule has 0 unspecified atom stereocenters. The Hall–Kier alpha value is -1.22. The van der Waals surface area contributed by atoms with E-state index in [9.17, 15) is 13.2 Å². The Labute approximate surface area is 162 Å². The van der Waals surface area contributed by atoms with E-state index in [1.807, 2.05) is 17.9 Å². The first-order chi connectivity index (χ1) is 12.4. The zero-order chi connectivity index (χ0) is 18.3. The summed E-state index contributed by atoms with van der Waals surface area (Å²) in [6.45, 7) is 4.09. The number of piperidine rings is 1. The number of fused-ring (bicyclic) bond motifs is 1. The zero-order valence-electron chi connectivity index (χ0n) is 14.7. The second kappa shape index (κ2) is 7.07. The first kappa shape index (κ1) is 18.2. The molecule has 0 radical (unpaired) electrons. The fraction of sp³-hybridized carbons (Fsp3) is 0.500. The van der Waals surface area contributed by atoms with E-state index in [0.29, 0.717) is 23.8 Å². The van der Waals surface area contributed by atoms with Crippen LogP contribution in [0.25, 0.3) is 0 Å². The molecule has 2 aromatic heterocycles. The normalized spacial score (nSPS) is 21.6. The van der Waals surface area contributed by atoms with Crippen molar-refractivity contribution in [3.8, 4) is 0 Å². The topological polar surface area (TPSA) is 57.7 Å². The average molecular weight is 411 g/mol. The van der Waals surface area contributed by atoms with Crippen molar-refractivity contribution in [2.24, 2.45) is 5.92 Å². The van der Waals surface area contributed by atoms with E-state index in [1.54, 1.807) is 17.4 Å². The number of carbonyl (C=O) groups is 1. The summed E-state index contributed by atoms with van der Waals surface area (Å²) in [4.78, 5) is 17.3. The Morgan fingerprint density at radius 1 is 1.23 bits per heavy atom. The van der Waals surface area contributed by atoms with Crippen molar-refractivity contribution in [2.75, 3.05) is 19.6 Å². The van der Waals surface area contributed by atoms with Gasteiger partial charge in [-0.2, -0.15) is 4.31 Å². The van der Waals surface area contributed by atoms with E-state index < -0.39 is 10.0 Å². The van der Waals surface area contributed by atoms with Gasteiger partial charge in [0.1, 0.15) is 4.21 Å². The second-order valence-corrected chi connectivity index (χ2v) is 11.4. The van der Waals surface area contributed by atoms with Crippen molar-refractivity contribution in [3.63, 3.8) is 0 Å². The largest absolute Gasteiger partial charge is 0.338 e. The number of amides is 1. The van der Waals surface area contributed by atoms with Crippen molar-refractivity contribution >= 4 is 38.6 Å². The van der Waals surface area contributed by atoms with E-state index >= 15 is 0 Å². The van der Waals surface area contributed by atoms with Gasteiger partial charge in [-0.25, -0.2) is 8.42 Å². The maximum absolute atomic E-state index is 13.0. The van der Waals surface area contributed by atoms with Gasteiger partial charge in [0.05, 0.1) is 5.92 Å². The van der Waals surface area contributed by atoms with Gasteiger partial charge < -0.3 is 4.90 Å². The highest BCUT2D eigenvalue weighted by atomic mass is 32.2. The summed E-state index contributed by atoms with van der Waals surface area (Å²) in [5, 5.41) is 2.08. The summed E-state index contributed by atoms with van der Waals surface area (Å²) in [6, 6.07) is 5.59. The summed E-state index contributed by atoms with van der Waals surface area (Å²) < 4.78 is 27.7. The van der Waals surface area contributed by atoms with Crippen molar-refractivity contribution in [3.05, 3.63) is 38.9 Å². The first-order valence-electron chi connectivity index (χ1n) is 8.86. The fourth-order valence-corrected chi connectivity index (χ4v) is 7.59. The number of sulfonamides is 1. The minimum Gasteiger partial charge on any atom is -0.338 e. The standard InChI is InChI=1S/C18H22N2O3S3/c1-13-4-5-17(25-13)26(22,23)20-8-2-3-15(12-20)18(21)19-9-6-16-14(11-19)7-10-24-16/h4-5,7,10,15H,2-3,6,8-9,11-12H2,1H3/t15-/m1/s1. The van der Waals surface area contributed by atoms with E-state index in [2.05, 4.69) is 11.4 Å². The minimum absolute atomic E-state index is 0.101. The van der Waals surface area contributed by atoms with Crippen LogP contribution in [0.3, 0.4) is 0 Å². The van der Waals surface area contributed by atoms with Crippen LogP contribution in [0.4, 0.5) is 0 Å². The Kier molecular flexibility index (Phi) is 4.94. The lowest BCUT2D eigenvalue weighted by molar-refractivity contribution is -0.137. The molecule has 1 fully saturated rings. The molecular weight excluding hydrogens is 388 g/mol. The van der Waals surface area contributed by atoms with Crippen molar-refractivity contribution < 1.29 is 13.2 Å². The van der Waals surface area contributed by atoms with Crippen LogP contribution in [-0.2, 0) is 27.8 Å². The third-order valence-corrected chi connectivity index (χ3v) is 9.52. The van der Waals surface area contributed by atoms with Crippen LogP contribution in [0.5, 0.6) is 0 Å². The predicted molar refractivity (Wildman–Crippen MR) is 104 cm³/mol. The molecule has 0 saturated carbocycles. The molecule has 0 bridgehead atoms. The van der Waals surface area contributed by atoms with Crippen LogP contribution in [0.15, 0.2) is 27.8 Å². The number of rotatable bonds is 3. The maximum atomic E-state index is 13.0. The molecule has 4 rings (SSSR count).